The zero-order chi connectivity index (χ0) is 12.1. The van der Waals surface area contributed by atoms with Crippen molar-refractivity contribution in [3.63, 3.8) is 0 Å². The number of aryl methyl sites for hydroxylation is 1. The Morgan fingerprint density at radius 3 is 2.94 bits per heavy atom. The summed E-state index contributed by atoms with van der Waals surface area (Å²) in [7, 11) is 0. The van der Waals surface area contributed by atoms with Crippen molar-refractivity contribution in [1.29, 1.82) is 0 Å². The number of nitrogens with zero attached hydrogens (tertiary/aromatic N) is 2. The first-order valence-electron chi connectivity index (χ1n) is 7.05. The van der Waals surface area contributed by atoms with E-state index in [1.54, 1.807) is 0 Å². The first-order chi connectivity index (χ1) is 8.33. The van der Waals surface area contributed by atoms with Crippen molar-refractivity contribution in [1.82, 2.24) is 14.9 Å². The largest absolute Gasteiger partial charge is 0.333 e. The Morgan fingerprint density at radius 2 is 2.29 bits per heavy atom. The fraction of sp³-hybridized carbons (Fsp3) is 0.786. The molecule has 0 aromatic carbocycles. The molecule has 0 spiro atoms. The van der Waals surface area contributed by atoms with E-state index in [-0.39, 0.29) is 0 Å². The molecule has 1 aromatic rings. The third kappa shape index (κ3) is 3.84. The van der Waals surface area contributed by atoms with Crippen LogP contribution in [-0.4, -0.2) is 15.6 Å². The van der Waals surface area contributed by atoms with Crippen LogP contribution in [-0.2, 0) is 13.1 Å². The molecule has 1 heterocycles. The lowest BCUT2D eigenvalue weighted by atomic mass is 10.1. The smallest absolute Gasteiger partial charge is 0.0948 e. The second-order valence-corrected chi connectivity index (χ2v) is 5.24. The van der Waals surface area contributed by atoms with Gasteiger partial charge in [-0.15, -0.1) is 0 Å². The normalized spacial score (nSPS) is 17.3. The number of nitrogens with one attached hydrogen (secondary N) is 1. The van der Waals surface area contributed by atoms with Gasteiger partial charge in [-0.05, 0) is 25.2 Å². The van der Waals surface area contributed by atoms with E-state index >= 15 is 0 Å². The minimum absolute atomic E-state index is 0.687. The molecule has 1 aliphatic rings. The average Bonchev–Trinajstić information content (AvgIpc) is 3.05. The van der Waals surface area contributed by atoms with Crippen LogP contribution in [0.25, 0.3) is 0 Å². The molecule has 0 radical (unpaired) electrons. The van der Waals surface area contributed by atoms with Gasteiger partial charge < -0.3 is 9.88 Å². The van der Waals surface area contributed by atoms with Crippen LogP contribution in [0.15, 0.2) is 12.5 Å². The van der Waals surface area contributed by atoms with E-state index in [1.807, 2.05) is 12.5 Å². The van der Waals surface area contributed by atoms with Crippen LogP contribution < -0.4 is 5.32 Å². The van der Waals surface area contributed by atoms with E-state index in [9.17, 15) is 0 Å². The summed E-state index contributed by atoms with van der Waals surface area (Å²) in [5.41, 5.74) is 1.32. The second-order valence-electron chi connectivity index (χ2n) is 5.24. The number of hydrogen-bond acceptors (Lipinski definition) is 2. The fourth-order valence-electron chi connectivity index (χ4n) is 2.34. The molecule has 17 heavy (non-hydrogen) atoms. The van der Waals surface area contributed by atoms with Crippen molar-refractivity contribution in [3.05, 3.63) is 18.2 Å². The lowest BCUT2D eigenvalue weighted by Gasteiger charge is -2.17. The quantitative estimate of drug-likeness (QED) is 0.750. The predicted octanol–water partition coefficient (Wildman–Crippen LogP) is 2.96. The van der Waals surface area contributed by atoms with E-state index in [2.05, 4.69) is 28.7 Å². The highest BCUT2D eigenvalue weighted by molar-refractivity contribution is 4.98. The van der Waals surface area contributed by atoms with E-state index in [1.165, 1.54) is 37.8 Å². The second kappa shape index (κ2) is 6.20. The monoisotopic (exact) mass is 235 g/mol. The van der Waals surface area contributed by atoms with Crippen molar-refractivity contribution in [2.45, 2.75) is 65.1 Å². The fourth-order valence-corrected chi connectivity index (χ4v) is 2.34. The Morgan fingerprint density at radius 1 is 1.47 bits per heavy atom. The predicted molar refractivity (Wildman–Crippen MR) is 70.8 cm³/mol. The molecular weight excluding hydrogens is 210 g/mol. The van der Waals surface area contributed by atoms with Crippen molar-refractivity contribution in [3.8, 4) is 0 Å². The molecule has 1 saturated carbocycles. The van der Waals surface area contributed by atoms with Gasteiger partial charge in [-0.25, -0.2) is 4.98 Å². The molecule has 3 heteroatoms. The van der Waals surface area contributed by atoms with Gasteiger partial charge >= 0.3 is 0 Å². The van der Waals surface area contributed by atoms with Gasteiger partial charge in [0, 0.05) is 25.3 Å². The van der Waals surface area contributed by atoms with Gasteiger partial charge in [0.15, 0.2) is 0 Å². The third-order valence-electron chi connectivity index (χ3n) is 3.64. The van der Waals surface area contributed by atoms with Crippen LogP contribution >= 0.6 is 0 Å². The molecule has 0 aliphatic heterocycles. The van der Waals surface area contributed by atoms with E-state index in [4.69, 9.17) is 0 Å². The topological polar surface area (TPSA) is 29.9 Å². The highest BCUT2D eigenvalue weighted by atomic mass is 15.1. The Bertz CT molecular complexity index is 328. The van der Waals surface area contributed by atoms with Gasteiger partial charge in [-0.2, -0.15) is 0 Å². The molecule has 3 nitrogen and oxygen atoms in total. The maximum Gasteiger partial charge on any atom is 0.0948 e. The van der Waals surface area contributed by atoms with Gasteiger partial charge in [-0.3, -0.25) is 0 Å². The maximum absolute atomic E-state index is 4.24. The minimum atomic E-state index is 0.687. The van der Waals surface area contributed by atoms with Crippen LogP contribution in [0.3, 0.4) is 0 Å². The summed E-state index contributed by atoms with van der Waals surface area (Å²) in [6.07, 6.45) is 10.6. The van der Waals surface area contributed by atoms with Gasteiger partial charge in [-0.1, -0.05) is 26.7 Å². The number of hydrogen-bond donors (Lipinski definition) is 1. The number of aromatic nitrogens is 2. The van der Waals surface area contributed by atoms with E-state index < -0.39 is 0 Å². The van der Waals surface area contributed by atoms with Crippen LogP contribution in [0.4, 0.5) is 0 Å². The maximum atomic E-state index is 4.24. The summed E-state index contributed by atoms with van der Waals surface area (Å²) < 4.78 is 2.26. The van der Waals surface area contributed by atoms with Crippen molar-refractivity contribution in [2.75, 3.05) is 0 Å². The lowest BCUT2D eigenvalue weighted by molar-refractivity contribution is 0.436. The Hall–Kier alpha value is -0.830. The van der Waals surface area contributed by atoms with Crippen molar-refractivity contribution >= 4 is 0 Å². The molecule has 0 bridgehead atoms. The zero-order valence-electron chi connectivity index (χ0n) is 11.2. The molecule has 1 unspecified atom stereocenters. The van der Waals surface area contributed by atoms with Gasteiger partial charge in [0.1, 0.15) is 0 Å². The van der Waals surface area contributed by atoms with Gasteiger partial charge in [0.25, 0.3) is 0 Å². The summed E-state index contributed by atoms with van der Waals surface area (Å²) in [6.45, 7) is 6.53. The minimum Gasteiger partial charge on any atom is -0.333 e. The molecule has 1 atom stereocenters. The first-order valence-corrected chi connectivity index (χ1v) is 7.05. The molecule has 1 aromatic heterocycles. The van der Waals surface area contributed by atoms with Crippen molar-refractivity contribution < 1.29 is 0 Å². The van der Waals surface area contributed by atoms with Crippen LogP contribution in [0.1, 0.15) is 51.6 Å². The molecule has 0 amide bonds. The summed E-state index contributed by atoms with van der Waals surface area (Å²) in [6, 6.07) is 0.687. The standard InChI is InChI=1S/C14H25N3/c1-3-7-17-11-15-9-14(17)10-16-13(4-2)8-12-5-6-12/h9,11-13,16H,3-8,10H2,1-2H3. The SMILES string of the molecule is CCCn1cncc1CNC(CC)CC1CC1. The molecular formula is C14H25N3. The summed E-state index contributed by atoms with van der Waals surface area (Å²) >= 11 is 0. The summed E-state index contributed by atoms with van der Waals surface area (Å²) in [5.74, 6) is 1.01. The summed E-state index contributed by atoms with van der Waals surface area (Å²) in [5, 5.41) is 3.68. The Labute approximate surface area is 105 Å². The Kier molecular flexibility index (Phi) is 4.60. The van der Waals surface area contributed by atoms with Gasteiger partial charge in [0.2, 0.25) is 0 Å². The highest BCUT2D eigenvalue weighted by Crippen LogP contribution is 2.34. The molecule has 1 N–H and O–H groups in total. The van der Waals surface area contributed by atoms with Gasteiger partial charge in [0.05, 0.1) is 12.0 Å². The summed E-state index contributed by atoms with van der Waals surface area (Å²) in [4.78, 5) is 4.24. The van der Waals surface area contributed by atoms with Crippen LogP contribution in [0.5, 0.6) is 0 Å². The lowest BCUT2D eigenvalue weighted by Crippen LogP contribution is -2.29. The molecule has 1 aliphatic carbocycles. The first kappa shape index (κ1) is 12.6. The molecule has 1 fully saturated rings. The zero-order valence-corrected chi connectivity index (χ0v) is 11.2. The molecule has 0 saturated heterocycles. The van der Waals surface area contributed by atoms with Crippen LogP contribution in [0.2, 0.25) is 0 Å². The molecule has 96 valence electrons. The number of imidazole rings is 1. The van der Waals surface area contributed by atoms with Crippen molar-refractivity contribution in [2.24, 2.45) is 5.92 Å². The highest BCUT2D eigenvalue weighted by Gasteiger charge is 2.24. The third-order valence-corrected chi connectivity index (χ3v) is 3.64. The van der Waals surface area contributed by atoms with E-state index in [0.717, 1.165) is 19.0 Å². The average molecular weight is 235 g/mol. The number of rotatable bonds is 8. The molecule has 2 rings (SSSR count). The van der Waals surface area contributed by atoms with E-state index in [0.29, 0.717) is 6.04 Å². The Balaban J connectivity index is 1.80. The van der Waals surface area contributed by atoms with Crippen LogP contribution in [0, 0.1) is 5.92 Å².